The zero-order valence-electron chi connectivity index (χ0n) is 10.7. The van der Waals surface area contributed by atoms with Crippen LogP contribution in [-0.4, -0.2) is 30.2 Å². The molecule has 0 bridgehead atoms. The Balaban J connectivity index is 1.79. The second-order valence-corrected chi connectivity index (χ2v) is 4.89. The minimum absolute atomic E-state index is 0.442. The fourth-order valence-corrected chi connectivity index (χ4v) is 2.27. The molecule has 1 N–H and O–H groups in total. The van der Waals surface area contributed by atoms with E-state index in [4.69, 9.17) is 11.6 Å². The van der Waals surface area contributed by atoms with E-state index >= 15 is 0 Å². The van der Waals surface area contributed by atoms with Gasteiger partial charge in [-0.2, -0.15) is 5.10 Å². The predicted octanol–water partition coefficient (Wildman–Crippen LogP) is 2.86. The number of nitrogens with one attached hydrogen (secondary N) is 1. The molecule has 102 valence electrons. The van der Waals surface area contributed by atoms with Crippen molar-refractivity contribution in [3.8, 4) is 17.1 Å². The number of rotatable bonds is 2. The number of hydrogen-bond donors (Lipinski definition) is 1. The minimum atomic E-state index is 0.442. The number of aromatic amines is 1. The van der Waals surface area contributed by atoms with E-state index in [0.717, 1.165) is 22.3 Å². The van der Waals surface area contributed by atoms with Gasteiger partial charge in [-0.15, -0.1) is 5.10 Å². The van der Waals surface area contributed by atoms with Crippen LogP contribution >= 0.6 is 11.6 Å². The molecule has 0 saturated heterocycles. The summed E-state index contributed by atoms with van der Waals surface area (Å²) in [6.45, 7) is 0. The van der Waals surface area contributed by atoms with Crippen LogP contribution in [0.4, 0.5) is 0 Å². The summed E-state index contributed by atoms with van der Waals surface area (Å²) in [6.07, 6.45) is 3.46. The molecule has 6 nitrogen and oxygen atoms in total. The molecule has 0 amide bonds. The summed E-state index contributed by atoms with van der Waals surface area (Å²) in [7, 11) is 0. The first kappa shape index (κ1) is 12.0. The smallest absolute Gasteiger partial charge is 0.134 e. The van der Waals surface area contributed by atoms with Gasteiger partial charge < -0.3 is 0 Å². The van der Waals surface area contributed by atoms with Gasteiger partial charge >= 0.3 is 0 Å². The number of aromatic nitrogens is 6. The second kappa shape index (κ2) is 4.68. The molecule has 1 aromatic carbocycles. The van der Waals surface area contributed by atoms with Crippen LogP contribution in [0.15, 0.2) is 48.8 Å². The molecule has 21 heavy (non-hydrogen) atoms. The van der Waals surface area contributed by atoms with Crippen LogP contribution in [0.25, 0.3) is 28.0 Å². The summed E-state index contributed by atoms with van der Waals surface area (Å²) < 4.78 is 1.64. The van der Waals surface area contributed by atoms with Crippen molar-refractivity contribution >= 4 is 22.5 Å². The highest BCUT2D eigenvalue weighted by molar-refractivity contribution is 6.29. The molecule has 3 heterocycles. The Bertz CT molecular complexity index is 909. The Morgan fingerprint density at radius 3 is 2.86 bits per heavy atom. The highest BCUT2D eigenvalue weighted by Gasteiger charge is 2.12. The lowest BCUT2D eigenvalue weighted by Gasteiger charge is -1.97. The van der Waals surface area contributed by atoms with E-state index in [1.54, 1.807) is 16.9 Å². The molecular weight excluding hydrogens is 288 g/mol. The third-order valence-electron chi connectivity index (χ3n) is 3.18. The monoisotopic (exact) mass is 296 g/mol. The lowest BCUT2D eigenvalue weighted by Crippen LogP contribution is -1.95. The largest absolute Gasteiger partial charge is 0.277 e. The molecular formula is C14H9ClN6. The summed E-state index contributed by atoms with van der Waals surface area (Å²) >= 11 is 5.78. The maximum atomic E-state index is 5.78. The van der Waals surface area contributed by atoms with Crippen LogP contribution in [0.2, 0.25) is 5.15 Å². The van der Waals surface area contributed by atoms with Crippen LogP contribution in [-0.2, 0) is 0 Å². The van der Waals surface area contributed by atoms with E-state index in [9.17, 15) is 0 Å². The Labute approximate surface area is 124 Å². The van der Waals surface area contributed by atoms with Crippen LogP contribution in [0, 0.1) is 0 Å². The minimum Gasteiger partial charge on any atom is -0.277 e. The zero-order chi connectivity index (χ0) is 14.2. The number of hydrogen-bond acceptors (Lipinski definition) is 4. The van der Waals surface area contributed by atoms with Crippen molar-refractivity contribution in [2.45, 2.75) is 0 Å². The molecule has 0 aliphatic rings. The molecule has 3 aromatic heterocycles. The van der Waals surface area contributed by atoms with Crippen LogP contribution in [0.5, 0.6) is 0 Å². The number of para-hydroxylation sites is 1. The van der Waals surface area contributed by atoms with Gasteiger partial charge in [-0.3, -0.25) is 5.10 Å². The topological polar surface area (TPSA) is 72.3 Å². The highest BCUT2D eigenvalue weighted by Crippen LogP contribution is 2.24. The molecule has 7 heteroatoms. The Morgan fingerprint density at radius 1 is 1.10 bits per heavy atom. The summed E-state index contributed by atoms with van der Waals surface area (Å²) in [5, 5.41) is 17.0. The van der Waals surface area contributed by atoms with E-state index in [-0.39, 0.29) is 0 Å². The maximum Gasteiger partial charge on any atom is 0.134 e. The molecule has 0 spiro atoms. The predicted molar refractivity (Wildman–Crippen MR) is 79.3 cm³/mol. The molecule has 0 unspecified atom stereocenters. The SMILES string of the molecule is Clc1ccc(-n2cc(-c3n[nH]c4ccccc34)nn2)cn1. The van der Waals surface area contributed by atoms with E-state index in [2.05, 4.69) is 25.5 Å². The number of benzene rings is 1. The maximum absolute atomic E-state index is 5.78. The third kappa shape index (κ3) is 2.05. The van der Waals surface area contributed by atoms with Crippen molar-refractivity contribution in [2.24, 2.45) is 0 Å². The number of pyridine rings is 1. The molecule has 4 rings (SSSR count). The van der Waals surface area contributed by atoms with Crippen molar-refractivity contribution in [3.05, 3.63) is 53.9 Å². The first-order valence-corrected chi connectivity index (χ1v) is 6.67. The molecule has 0 saturated carbocycles. The van der Waals surface area contributed by atoms with Crippen LogP contribution in [0.1, 0.15) is 0 Å². The number of H-pyrrole nitrogens is 1. The molecule has 0 atom stereocenters. The van der Waals surface area contributed by atoms with E-state index < -0.39 is 0 Å². The van der Waals surface area contributed by atoms with Gasteiger partial charge in [0.25, 0.3) is 0 Å². The highest BCUT2D eigenvalue weighted by atomic mass is 35.5. The zero-order valence-corrected chi connectivity index (χ0v) is 11.5. The Morgan fingerprint density at radius 2 is 2.00 bits per heavy atom. The molecule has 0 aliphatic heterocycles. The number of fused-ring (bicyclic) bond motifs is 1. The Hall–Kier alpha value is -2.73. The fraction of sp³-hybridized carbons (Fsp3) is 0. The van der Waals surface area contributed by atoms with Crippen molar-refractivity contribution in [1.29, 1.82) is 0 Å². The average molecular weight is 297 g/mol. The number of halogens is 1. The van der Waals surface area contributed by atoms with Gasteiger partial charge in [0.1, 0.15) is 16.5 Å². The molecule has 0 aliphatic carbocycles. The fourth-order valence-electron chi connectivity index (χ4n) is 2.16. The van der Waals surface area contributed by atoms with Crippen LogP contribution < -0.4 is 0 Å². The van der Waals surface area contributed by atoms with Gasteiger partial charge in [0.2, 0.25) is 0 Å². The molecule has 4 aromatic rings. The standard InChI is InChI=1S/C14H9ClN6/c15-13-6-5-9(7-16-13)21-8-12(18-20-21)14-10-3-1-2-4-11(10)17-19-14/h1-8H,(H,17,19). The first-order chi connectivity index (χ1) is 10.3. The summed E-state index contributed by atoms with van der Waals surface area (Å²) in [6, 6.07) is 11.4. The Kier molecular flexibility index (Phi) is 2.68. The van der Waals surface area contributed by atoms with Gasteiger partial charge in [-0.25, -0.2) is 9.67 Å². The van der Waals surface area contributed by atoms with Crippen LogP contribution in [0.3, 0.4) is 0 Å². The van der Waals surface area contributed by atoms with E-state index in [0.29, 0.717) is 10.8 Å². The van der Waals surface area contributed by atoms with Crippen molar-refractivity contribution < 1.29 is 0 Å². The lowest BCUT2D eigenvalue weighted by molar-refractivity contribution is 0.800. The third-order valence-corrected chi connectivity index (χ3v) is 3.41. The van der Waals surface area contributed by atoms with Gasteiger partial charge in [-0.1, -0.05) is 35.0 Å². The molecule has 0 fully saturated rings. The van der Waals surface area contributed by atoms with Crippen molar-refractivity contribution in [3.63, 3.8) is 0 Å². The quantitative estimate of drug-likeness (QED) is 0.577. The van der Waals surface area contributed by atoms with Crippen molar-refractivity contribution in [2.75, 3.05) is 0 Å². The van der Waals surface area contributed by atoms with Gasteiger partial charge in [0, 0.05) is 5.39 Å². The average Bonchev–Trinajstić information content (AvgIpc) is 3.14. The van der Waals surface area contributed by atoms with Crippen molar-refractivity contribution in [1.82, 2.24) is 30.2 Å². The lowest BCUT2D eigenvalue weighted by atomic mass is 10.2. The second-order valence-electron chi connectivity index (χ2n) is 4.51. The van der Waals surface area contributed by atoms with E-state index in [1.807, 2.05) is 36.5 Å². The summed E-state index contributed by atoms with van der Waals surface area (Å²) in [5.41, 5.74) is 3.23. The molecule has 0 radical (unpaired) electrons. The summed E-state index contributed by atoms with van der Waals surface area (Å²) in [5.74, 6) is 0. The summed E-state index contributed by atoms with van der Waals surface area (Å²) in [4.78, 5) is 4.03. The first-order valence-electron chi connectivity index (χ1n) is 6.29. The van der Waals surface area contributed by atoms with E-state index in [1.165, 1.54) is 0 Å². The number of nitrogens with zero attached hydrogens (tertiary/aromatic N) is 5. The van der Waals surface area contributed by atoms with Gasteiger partial charge in [-0.05, 0) is 18.2 Å². The van der Waals surface area contributed by atoms with Gasteiger partial charge in [0.05, 0.1) is 23.6 Å². The normalized spacial score (nSPS) is 11.1. The van der Waals surface area contributed by atoms with Gasteiger partial charge in [0.15, 0.2) is 0 Å².